The highest BCUT2D eigenvalue weighted by Crippen LogP contribution is 2.21. The first-order chi connectivity index (χ1) is 8.38. The van der Waals surface area contributed by atoms with E-state index in [0.29, 0.717) is 12.2 Å². The first kappa shape index (κ1) is 12.5. The van der Waals surface area contributed by atoms with Crippen LogP contribution in [0.15, 0.2) is 24.7 Å². The highest BCUT2D eigenvalue weighted by atomic mass is 16.2. The Kier molecular flexibility index (Phi) is 3.07. The fraction of sp³-hybridized carbons (Fsp3) is 0.462. The molecule has 0 spiro atoms. The molecule has 0 aromatic carbocycles. The Bertz CT molecular complexity index is 473. The Morgan fingerprint density at radius 1 is 1.33 bits per heavy atom. The van der Waals surface area contributed by atoms with Gasteiger partial charge in [-0.25, -0.2) is 14.8 Å². The number of rotatable bonds is 1. The number of carbonyl (C=O) groups excluding carboxylic acids is 1. The summed E-state index contributed by atoms with van der Waals surface area (Å²) < 4.78 is 0. The van der Waals surface area contributed by atoms with Crippen LogP contribution in [0.5, 0.6) is 0 Å². The second-order valence-electron chi connectivity index (χ2n) is 5.45. The summed E-state index contributed by atoms with van der Waals surface area (Å²) in [5.74, 6) is 0.771. The first-order valence-electron chi connectivity index (χ1n) is 5.97. The maximum absolute atomic E-state index is 11.8. The van der Waals surface area contributed by atoms with E-state index in [9.17, 15) is 4.79 Å². The van der Waals surface area contributed by atoms with E-state index in [1.165, 1.54) is 0 Å². The van der Waals surface area contributed by atoms with Gasteiger partial charge in [0.15, 0.2) is 0 Å². The zero-order valence-corrected chi connectivity index (χ0v) is 11.0. The van der Waals surface area contributed by atoms with Crippen LogP contribution in [0.1, 0.15) is 33.0 Å². The van der Waals surface area contributed by atoms with E-state index in [0.717, 1.165) is 17.9 Å². The molecule has 0 aliphatic carbocycles. The highest BCUT2D eigenvalue weighted by Gasteiger charge is 2.23. The van der Waals surface area contributed by atoms with Crippen LogP contribution in [0, 0.1) is 0 Å². The molecule has 1 aromatic heterocycles. The van der Waals surface area contributed by atoms with E-state index in [2.05, 4.69) is 42.6 Å². The van der Waals surface area contributed by atoms with E-state index < -0.39 is 0 Å². The zero-order valence-electron chi connectivity index (χ0n) is 11.0. The van der Waals surface area contributed by atoms with Crippen molar-refractivity contribution in [1.29, 1.82) is 0 Å². The molecule has 1 fully saturated rings. The second kappa shape index (κ2) is 4.40. The minimum atomic E-state index is -0.168. The van der Waals surface area contributed by atoms with Gasteiger partial charge in [0.05, 0.1) is 18.1 Å². The number of hydrogen-bond donors (Lipinski definition) is 1. The van der Waals surface area contributed by atoms with Crippen molar-refractivity contribution in [2.75, 3.05) is 11.4 Å². The van der Waals surface area contributed by atoms with Crippen molar-refractivity contribution in [3.05, 3.63) is 30.5 Å². The highest BCUT2D eigenvalue weighted by molar-refractivity contribution is 5.93. The number of amides is 2. The number of nitrogens with one attached hydrogen (secondary N) is 1. The van der Waals surface area contributed by atoms with Gasteiger partial charge < -0.3 is 5.32 Å². The largest absolute Gasteiger partial charge is 0.326 e. The zero-order chi connectivity index (χ0) is 13.3. The Labute approximate surface area is 107 Å². The monoisotopic (exact) mass is 246 g/mol. The Morgan fingerprint density at radius 3 is 2.44 bits per heavy atom. The van der Waals surface area contributed by atoms with Crippen molar-refractivity contribution < 1.29 is 4.79 Å². The topological polar surface area (TPSA) is 58.1 Å². The van der Waals surface area contributed by atoms with Crippen LogP contribution in [-0.2, 0) is 5.41 Å². The van der Waals surface area contributed by atoms with Gasteiger partial charge in [-0.05, 0) is 0 Å². The molecular formula is C13H18N4O. The normalized spacial score (nSPS) is 16.7. The number of hydrogen-bond acceptors (Lipinski definition) is 3. The number of carbonyl (C=O) groups is 1. The number of urea groups is 1. The van der Waals surface area contributed by atoms with Crippen molar-refractivity contribution in [3.8, 4) is 0 Å². The maximum atomic E-state index is 11.8. The molecule has 18 heavy (non-hydrogen) atoms. The van der Waals surface area contributed by atoms with Crippen LogP contribution >= 0.6 is 0 Å². The molecule has 1 aliphatic heterocycles. The SMILES string of the molecule is C=C1CCN(c2cnc(C(C)(C)C)nc2)C(=O)N1. The van der Waals surface area contributed by atoms with E-state index in [-0.39, 0.29) is 11.4 Å². The molecule has 96 valence electrons. The predicted molar refractivity (Wildman–Crippen MR) is 70.4 cm³/mol. The quantitative estimate of drug-likeness (QED) is 0.826. The van der Waals surface area contributed by atoms with Crippen molar-refractivity contribution in [1.82, 2.24) is 15.3 Å². The van der Waals surface area contributed by atoms with Crippen LogP contribution < -0.4 is 10.2 Å². The van der Waals surface area contributed by atoms with Crippen LogP contribution in [0.2, 0.25) is 0 Å². The van der Waals surface area contributed by atoms with E-state index in [4.69, 9.17) is 0 Å². The molecule has 2 rings (SSSR count). The van der Waals surface area contributed by atoms with E-state index in [1.54, 1.807) is 17.3 Å². The first-order valence-corrected chi connectivity index (χ1v) is 5.97. The van der Waals surface area contributed by atoms with Gasteiger partial charge in [0.1, 0.15) is 5.82 Å². The minimum Gasteiger partial charge on any atom is -0.312 e. The molecule has 0 atom stereocenters. The average molecular weight is 246 g/mol. The Hall–Kier alpha value is -1.91. The van der Waals surface area contributed by atoms with Crippen LogP contribution in [-0.4, -0.2) is 22.5 Å². The fourth-order valence-corrected chi connectivity index (χ4v) is 1.72. The molecule has 0 saturated carbocycles. The molecule has 5 nitrogen and oxygen atoms in total. The summed E-state index contributed by atoms with van der Waals surface area (Å²) in [4.78, 5) is 22.1. The van der Waals surface area contributed by atoms with Gasteiger partial charge in [0.2, 0.25) is 0 Å². The van der Waals surface area contributed by atoms with Crippen molar-refractivity contribution >= 4 is 11.7 Å². The molecule has 1 saturated heterocycles. The van der Waals surface area contributed by atoms with Gasteiger partial charge in [-0.2, -0.15) is 0 Å². The van der Waals surface area contributed by atoms with Gasteiger partial charge in [0.25, 0.3) is 0 Å². The average Bonchev–Trinajstić information content (AvgIpc) is 2.28. The fourth-order valence-electron chi connectivity index (χ4n) is 1.72. The molecule has 0 radical (unpaired) electrons. The molecule has 2 amide bonds. The third-order valence-electron chi connectivity index (χ3n) is 2.79. The van der Waals surface area contributed by atoms with Gasteiger partial charge >= 0.3 is 6.03 Å². The van der Waals surface area contributed by atoms with Gasteiger partial charge in [-0.1, -0.05) is 27.4 Å². The van der Waals surface area contributed by atoms with E-state index >= 15 is 0 Å². The molecule has 5 heteroatoms. The van der Waals surface area contributed by atoms with Gasteiger partial charge in [-0.3, -0.25) is 4.90 Å². The van der Waals surface area contributed by atoms with E-state index in [1.807, 2.05) is 0 Å². The molecular weight excluding hydrogens is 228 g/mol. The second-order valence-corrected chi connectivity index (χ2v) is 5.45. The summed E-state index contributed by atoms with van der Waals surface area (Å²) in [6.07, 6.45) is 4.13. The lowest BCUT2D eigenvalue weighted by Gasteiger charge is -2.28. The molecule has 0 unspecified atom stereocenters. The predicted octanol–water partition coefficient (Wildman–Crippen LogP) is 2.21. The lowest BCUT2D eigenvalue weighted by molar-refractivity contribution is 0.246. The molecule has 0 bridgehead atoms. The van der Waals surface area contributed by atoms with Gasteiger partial charge in [0, 0.05) is 24.1 Å². The summed E-state index contributed by atoms with van der Waals surface area (Å²) in [6.45, 7) is 10.5. The smallest absolute Gasteiger partial charge is 0.312 e. The maximum Gasteiger partial charge on any atom is 0.326 e. The minimum absolute atomic E-state index is 0.0863. The number of nitrogens with zero attached hydrogens (tertiary/aromatic N) is 3. The lowest BCUT2D eigenvalue weighted by Crippen LogP contribution is -2.45. The molecule has 1 aliphatic rings. The summed E-state index contributed by atoms with van der Waals surface area (Å²) in [7, 11) is 0. The van der Waals surface area contributed by atoms with Crippen LogP contribution in [0.4, 0.5) is 10.5 Å². The Balaban J connectivity index is 2.20. The van der Waals surface area contributed by atoms with Crippen molar-refractivity contribution in [3.63, 3.8) is 0 Å². The third-order valence-corrected chi connectivity index (χ3v) is 2.79. The third kappa shape index (κ3) is 2.50. The molecule has 2 heterocycles. The summed E-state index contributed by atoms with van der Waals surface area (Å²) >= 11 is 0. The van der Waals surface area contributed by atoms with Crippen LogP contribution in [0.25, 0.3) is 0 Å². The van der Waals surface area contributed by atoms with Crippen LogP contribution in [0.3, 0.4) is 0 Å². The van der Waals surface area contributed by atoms with Gasteiger partial charge in [-0.15, -0.1) is 0 Å². The molecule has 1 N–H and O–H groups in total. The van der Waals surface area contributed by atoms with Crippen molar-refractivity contribution in [2.45, 2.75) is 32.6 Å². The summed E-state index contributed by atoms with van der Waals surface area (Å²) in [5, 5.41) is 2.71. The summed E-state index contributed by atoms with van der Waals surface area (Å²) in [6, 6.07) is -0.168. The molecule has 1 aromatic rings. The van der Waals surface area contributed by atoms with Crippen molar-refractivity contribution in [2.24, 2.45) is 0 Å². The summed E-state index contributed by atoms with van der Waals surface area (Å²) in [5.41, 5.74) is 1.38. The standard InChI is InChI=1S/C13H18N4O/c1-9-5-6-17(12(18)16-9)10-7-14-11(15-8-10)13(2,3)4/h7-8H,1,5-6H2,2-4H3,(H,16,18). The number of aromatic nitrogens is 2. The Morgan fingerprint density at radius 2 is 1.94 bits per heavy atom. The lowest BCUT2D eigenvalue weighted by atomic mass is 9.96. The number of anilines is 1.